The number of aliphatic carboxylic acids is 1. The van der Waals surface area contributed by atoms with Gasteiger partial charge in [0.15, 0.2) is 5.25 Å². The minimum atomic E-state index is -4.11. The highest BCUT2D eigenvalue weighted by Crippen LogP contribution is 2.09. The summed E-state index contributed by atoms with van der Waals surface area (Å²) in [5.74, 6) is -2.16. The standard InChI is InChI=1S/C10H19NO6S/c1-6(2)5-8(10(14)17-4)11-18(15,16)7(3)9(12)13/h6-8,11H,5H2,1-4H3,(H,12,13). The maximum Gasteiger partial charge on any atom is 0.323 e. The molecule has 0 aliphatic carbocycles. The zero-order valence-corrected chi connectivity index (χ0v) is 11.7. The van der Waals surface area contributed by atoms with E-state index >= 15 is 0 Å². The lowest BCUT2D eigenvalue weighted by atomic mass is 10.1. The smallest absolute Gasteiger partial charge is 0.323 e. The van der Waals surface area contributed by atoms with Crippen LogP contribution in [0.4, 0.5) is 0 Å². The van der Waals surface area contributed by atoms with Crippen molar-refractivity contribution < 1.29 is 27.9 Å². The van der Waals surface area contributed by atoms with E-state index in [-0.39, 0.29) is 12.3 Å². The van der Waals surface area contributed by atoms with Gasteiger partial charge in [-0.1, -0.05) is 13.8 Å². The molecule has 0 radical (unpaired) electrons. The molecule has 2 atom stereocenters. The molecule has 106 valence electrons. The summed E-state index contributed by atoms with van der Waals surface area (Å²) < 4.78 is 29.9. The second-order valence-corrected chi connectivity index (χ2v) is 6.38. The molecule has 8 heteroatoms. The number of carbonyl (C=O) groups excluding carboxylic acids is 1. The van der Waals surface area contributed by atoms with Crippen LogP contribution < -0.4 is 4.72 Å². The molecule has 0 saturated heterocycles. The van der Waals surface area contributed by atoms with Crippen LogP contribution in [0.3, 0.4) is 0 Å². The van der Waals surface area contributed by atoms with Gasteiger partial charge in [0.25, 0.3) is 0 Å². The van der Waals surface area contributed by atoms with Crippen molar-refractivity contribution in [3.8, 4) is 0 Å². The number of methoxy groups -OCH3 is 1. The van der Waals surface area contributed by atoms with E-state index in [1.165, 1.54) is 0 Å². The first-order valence-corrected chi connectivity index (χ1v) is 6.98. The molecule has 7 nitrogen and oxygen atoms in total. The highest BCUT2D eigenvalue weighted by Gasteiger charge is 2.33. The molecule has 0 aromatic carbocycles. The van der Waals surface area contributed by atoms with Crippen LogP contribution in [-0.4, -0.2) is 43.9 Å². The minimum absolute atomic E-state index is 0.0527. The zero-order chi connectivity index (χ0) is 14.5. The number of ether oxygens (including phenoxy) is 1. The molecule has 0 spiro atoms. The summed E-state index contributed by atoms with van der Waals surface area (Å²) in [4.78, 5) is 22.1. The fraction of sp³-hybridized carbons (Fsp3) is 0.800. The largest absolute Gasteiger partial charge is 0.480 e. The summed E-state index contributed by atoms with van der Waals surface area (Å²) in [7, 11) is -2.97. The zero-order valence-electron chi connectivity index (χ0n) is 10.8. The summed E-state index contributed by atoms with van der Waals surface area (Å²) in [6.07, 6.45) is 0.234. The van der Waals surface area contributed by atoms with Crippen molar-refractivity contribution in [1.29, 1.82) is 0 Å². The first kappa shape index (κ1) is 16.9. The van der Waals surface area contributed by atoms with E-state index in [0.29, 0.717) is 0 Å². The predicted octanol–water partition coefficient (Wildman–Crippen LogP) is -0.0334. The van der Waals surface area contributed by atoms with E-state index in [0.717, 1.165) is 14.0 Å². The van der Waals surface area contributed by atoms with Gasteiger partial charge < -0.3 is 9.84 Å². The number of carboxylic acids is 1. The van der Waals surface area contributed by atoms with Crippen LogP contribution in [0.15, 0.2) is 0 Å². The molecule has 2 unspecified atom stereocenters. The van der Waals surface area contributed by atoms with Crippen LogP contribution in [-0.2, 0) is 24.3 Å². The second-order valence-electron chi connectivity index (χ2n) is 4.35. The third kappa shape index (κ3) is 5.01. The Morgan fingerprint density at radius 1 is 1.28 bits per heavy atom. The summed E-state index contributed by atoms with van der Waals surface area (Å²) in [6.45, 7) is 4.66. The van der Waals surface area contributed by atoms with Gasteiger partial charge in [-0.05, 0) is 19.3 Å². The molecule has 0 amide bonds. The highest BCUT2D eigenvalue weighted by molar-refractivity contribution is 7.90. The van der Waals surface area contributed by atoms with E-state index in [1.54, 1.807) is 0 Å². The lowest BCUT2D eigenvalue weighted by molar-refractivity contribution is -0.143. The minimum Gasteiger partial charge on any atom is -0.480 e. The fourth-order valence-electron chi connectivity index (χ4n) is 1.24. The van der Waals surface area contributed by atoms with Crippen molar-refractivity contribution in [3.63, 3.8) is 0 Å². The Balaban J connectivity index is 4.98. The number of hydrogen-bond acceptors (Lipinski definition) is 5. The van der Waals surface area contributed by atoms with E-state index in [1.807, 2.05) is 13.8 Å². The third-order valence-corrected chi connectivity index (χ3v) is 4.06. The molecule has 0 bridgehead atoms. The first-order chi connectivity index (χ1) is 8.11. The number of nitrogens with one attached hydrogen (secondary N) is 1. The van der Waals surface area contributed by atoms with Gasteiger partial charge in [0, 0.05) is 0 Å². The van der Waals surface area contributed by atoms with Crippen molar-refractivity contribution in [3.05, 3.63) is 0 Å². The van der Waals surface area contributed by atoms with Gasteiger partial charge >= 0.3 is 11.9 Å². The van der Waals surface area contributed by atoms with Crippen LogP contribution in [0.5, 0.6) is 0 Å². The number of esters is 1. The van der Waals surface area contributed by atoms with Gasteiger partial charge in [-0.25, -0.2) is 13.1 Å². The van der Waals surface area contributed by atoms with Crippen molar-refractivity contribution in [2.45, 2.75) is 38.5 Å². The maximum absolute atomic E-state index is 11.7. The average Bonchev–Trinajstić information content (AvgIpc) is 2.24. The Labute approximate surface area is 107 Å². The van der Waals surface area contributed by atoms with E-state index < -0.39 is 33.3 Å². The third-order valence-electron chi connectivity index (χ3n) is 2.31. The van der Waals surface area contributed by atoms with Crippen LogP contribution in [0, 0.1) is 5.92 Å². The molecule has 18 heavy (non-hydrogen) atoms. The Morgan fingerprint density at radius 2 is 1.78 bits per heavy atom. The molecule has 0 fully saturated rings. The molecule has 0 aliphatic heterocycles. The van der Waals surface area contributed by atoms with E-state index in [4.69, 9.17) is 5.11 Å². The molecule has 0 rings (SSSR count). The number of sulfonamides is 1. The van der Waals surface area contributed by atoms with Gasteiger partial charge in [-0.15, -0.1) is 0 Å². The monoisotopic (exact) mass is 281 g/mol. The Morgan fingerprint density at radius 3 is 2.11 bits per heavy atom. The SMILES string of the molecule is COC(=O)C(CC(C)C)NS(=O)(=O)C(C)C(=O)O. The van der Waals surface area contributed by atoms with Gasteiger partial charge in [-0.2, -0.15) is 0 Å². The topological polar surface area (TPSA) is 110 Å². The lowest BCUT2D eigenvalue weighted by Crippen LogP contribution is -2.47. The van der Waals surface area contributed by atoms with Crippen molar-refractivity contribution in [2.24, 2.45) is 5.92 Å². The molecule has 0 saturated carbocycles. The molecule has 0 aliphatic rings. The summed E-state index contributed by atoms with van der Waals surface area (Å²) in [5, 5.41) is 7.04. The summed E-state index contributed by atoms with van der Waals surface area (Å²) >= 11 is 0. The predicted molar refractivity (Wildman–Crippen MR) is 64.4 cm³/mol. The number of hydrogen-bond donors (Lipinski definition) is 2. The molecule has 0 aromatic heterocycles. The highest BCUT2D eigenvalue weighted by atomic mass is 32.2. The average molecular weight is 281 g/mol. The van der Waals surface area contributed by atoms with Gasteiger partial charge in [0.2, 0.25) is 10.0 Å². The summed E-state index contributed by atoms with van der Waals surface area (Å²) in [6, 6.07) is -1.07. The van der Waals surface area contributed by atoms with Crippen LogP contribution in [0.2, 0.25) is 0 Å². The molecular weight excluding hydrogens is 262 g/mol. The molecule has 2 N–H and O–H groups in total. The molecule has 0 aromatic rings. The van der Waals surface area contributed by atoms with Crippen molar-refractivity contribution in [2.75, 3.05) is 7.11 Å². The van der Waals surface area contributed by atoms with E-state index in [9.17, 15) is 18.0 Å². The van der Waals surface area contributed by atoms with Gasteiger partial charge in [0.1, 0.15) is 6.04 Å². The van der Waals surface area contributed by atoms with Crippen LogP contribution in [0.1, 0.15) is 27.2 Å². The second kappa shape index (κ2) is 6.69. The van der Waals surface area contributed by atoms with Crippen molar-refractivity contribution in [1.82, 2.24) is 4.72 Å². The first-order valence-electron chi connectivity index (χ1n) is 5.43. The number of carbonyl (C=O) groups is 2. The lowest BCUT2D eigenvalue weighted by Gasteiger charge is -2.19. The normalized spacial score (nSPS) is 15.2. The number of carboxylic acid groups (broad SMARTS) is 1. The van der Waals surface area contributed by atoms with Crippen molar-refractivity contribution >= 4 is 22.0 Å². The van der Waals surface area contributed by atoms with E-state index in [2.05, 4.69) is 9.46 Å². The fourth-order valence-corrected chi connectivity index (χ4v) is 2.30. The molecular formula is C10H19NO6S. The van der Waals surface area contributed by atoms with Gasteiger partial charge in [0.05, 0.1) is 7.11 Å². The number of rotatable bonds is 7. The Hall–Kier alpha value is -1.15. The molecule has 0 heterocycles. The summed E-state index contributed by atoms with van der Waals surface area (Å²) in [5.41, 5.74) is 0. The Bertz CT molecular complexity index is 403. The quantitative estimate of drug-likeness (QED) is 0.634. The van der Waals surface area contributed by atoms with Crippen LogP contribution >= 0.6 is 0 Å². The Kier molecular flexibility index (Phi) is 6.27. The van der Waals surface area contributed by atoms with Crippen LogP contribution in [0.25, 0.3) is 0 Å². The maximum atomic E-state index is 11.7. The van der Waals surface area contributed by atoms with Gasteiger partial charge in [-0.3, -0.25) is 9.59 Å².